The number of rotatable bonds is 2. The van der Waals surface area contributed by atoms with Gasteiger partial charge in [0.1, 0.15) is 0 Å². The smallest absolute Gasteiger partial charge is 0.0211 e. The van der Waals surface area contributed by atoms with Crippen molar-refractivity contribution in [1.82, 2.24) is 5.32 Å². The minimum Gasteiger partial charge on any atom is -0.309 e. The van der Waals surface area contributed by atoms with Crippen LogP contribution in [-0.2, 0) is 13.0 Å². The van der Waals surface area contributed by atoms with E-state index < -0.39 is 0 Å². The summed E-state index contributed by atoms with van der Waals surface area (Å²) >= 11 is 0. The Kier molecular flexibility index (Phi) is 2.97. The van der Waals surface area contributed by atoms with Crippen LogP contribution in [0, 0.1) is 0 Å². The highest BCUT2D eigenvalue weighted by Gasteiger charge is 2.15. The molecule has 2 heteroatoms. The van der Waals surface area contributed by atoms with Crippen molar-refractivity contribution in [2.45, 2.75) is 19.0 Å². The molecule has 2 atom stereocenters. The van der Waals surface area contributed by atoms with E-state index in [-0.39, 0.29) is 0 Å². The van der Waals surface area contributed by atoms with Gasteiger partial charge in [0.2, 0.25) is 0 Å². The maximum Gasteiger partial charge on any atom is 0.0211 e. The molecule has 2 rings (SSSR count). The Hall–Kier alpha value is -0.390. The van der Waals surface area contributed by atoms with E-state index in [9.17, 15) is 0 Å². The largest absolute Gasteiger partial charge is 0.309 e. The first-order valence-electron chi connectivity index (χ1n) is 4.85. The van der Waals surface area contributed by atoms with E-state index in [1.165, 1.54) is 18.1 Å². The third kappa shape index (κ3) is 2.10. The number of hydrogen-bond acceptors (Lipinski definition) is 1. The van der Waals surface area contributed by atoms with Gasteiger partial charge in [-0.05, 0) is 30.4 Å². The molecule has 0 bridgehead atoms. The van der Waals surface area contributed by atoms with E-state index in [1.54, 1.807) is 5.56 Å². The molecule has 0 amide bonds. The van der Waals surface area contributed by atoms with Gasteiger partial charge in [0, 0.05) is 12.6 Å². The van der Waals surface area contributed by atoms with Crippen molar-refractivity contribution < 1.29 is 0 Å². The molecule has 0 spiro atoms. The summed E-state index contributed by atoms with van der Waals surface area (Å²) in [4.78, 5) is 0. The highest BCUT2D eigenvalue weighted by molar-refractivity contribution is 7.37. The third-order valence-electron chi connectivity index (χ3n) is 2.62. The molecule has 13 heavy (non-hydrogen) atoms. The number of hydrogen-bond donors (Lipinski definition) is 1. The van der Waals surface area contributed by atoms with Gasteiger partial charge in [0.15, 0.2) is 0 Å². The Morgan fingerprint density at radius 3 is 2.92 bits per heavy atom. The molecule has 1 aliphatic heterocycles. The molecule has 70 valence electrons. The maximum atomic E-state index is 3.58. The van der Waals surface area contributed by atoms with Crippen LogP contribution < -0.4 is 5.32 Å². The van der Waals surface area contributed by atoms with Crippen molar-refractivity contribution in [1.29, 1.82) is 0 Å². The maximum absolute atomic E-state index is 3.58. The van der Waals surface area contributed by atoms with E-state index in [4.69, 9.17) is 0 Å². The summed E-state index contributed by atoms with van der Waals surface area (Å²) in [6, 6.07) is 9.49. The molecule has 0 aliphatic carbocycles. The van der Waals surface area contributed by atoms with Gasteiger partial charge < -0.3 is 5.32 Å². The standard InChI is InChI=1S/C11H16NP/c1-13-8-11-6-9-4-2-3-5-10(9)7-12-11/h2-5,11-13H,6-8H2,1H3. The normalized spacial score (nSPS) is 22.1. The summed E-state index contributed by atoms with van der Waals surface area (Å²) in [5, 5.41) is 3.58. The highest BCUT2D eigenvalue weighted by atomic mass is 31.1. The molecule has 1 aromatic carbocycles. The molecule has 1 N–H and O–H groups in total. The second kappa shape index (κ2) is 4.21. The minimum absolute atomic E-state index is 0.721. The lowest BCUT2D eigenvalue weighted by Crippen LogP contribution is -2.36. The highest BCUT2D eigenvalue weighted by Crippen LogP contribution is 2.18. The fourth-order valence-electron chi connectivity index (χ4n) is 1.91. The molecule has 0 radical (unpaired) electrons. The first kappa shape index (κ1) is 9.18. The first-order valence-corrected chi connectivity index (χ1v) is 6.55. The summed E-state index contributed by atoms with van der Waals surface area (Å²) < 4.78 is 0. The van der Waals surface area contributed by atoms with E-state index in [0.717, 1.165) is 21.2 Å². The Labute approximate surface area is 81.7 Å². The van der Waals surface area contributed by atoms with Crippen molar-refractivity contribution in [3.8, 4) is 0 Å². The number of benzene rings is 1. The van der Waals surface area contributed by atoms with Crippen molar-refractivity contribution in [3.63, 3.8) is 0 Å². The van der Waals surface area contributed by atoms with Crippen LogP contribution in [0.3, 0.4) is 0 Å². The quantitative estimate of drug-likeness (QED) is 0.708. The van der Waals surface area contributed by atoms with Gasteiger partial charge in [-0.15, -0.1) is 8.58 Å². The zero-order chi connectivity index (χ0) is 9.10. The van der Waals surface area contributed by atoms with Gasteiger partial charge in [-0.25, -0.2) is 0 Å². The van der Waals surface area contributed by atoms with Crippen molar-refractivity contribution >= 4 is 8.58 Å². The van der Waals surface area contributed by atoms with Crippen LogP contribution in [0.2, 0.25) is 0 Å². The van der Waals surface area contributed by atoms with E-state index in [2.05, 4.69) is 36.2 Å². The molecule has 1 aromatic rings. The van der Waals surface area contributed by atoms with Gasteiger partial charge in [0.25, 0.3) is 0 Å². The zero-order valence-electron chi connectivity index (χ0n) is 8.01. The topological polar surface area (TPSA) is 12.0 Å². The average molecular weight is 193 g/mol. The molecule has 1 aliphatic rings. The van der Waals surface area contributed by atoms with E-state index in [0.29, 0.717) is 0 Å². The van der Waals surface area contributed by atoms with Crippen LogP contribution in [0.5, 0.6) is 0 Å². The lowest BCUT2D eigenvalue weighted by atomic mass is 9.97. The second-order valence-electron chi connectivity index (χ2n) is 3.61. The molecule has 0 fully saturated rings. The summed E-state index contributed by atoms with van der Waals surface area (Å²) in [7, 11) is 1.06. The summed E-state index contributed by atoms with van der Waals surface area (Å²) in [5.74, 6) is 0. The summed E-state index contributed by atoms with van der Waals surface area (Å²) in [5.41, 5.74) is 3.03. The number of fused-ring (bicyclic) bond motifs is 1. The summed E-state index contributed by atoms with van der Waals surface area (Å²) in [6.07, 6.45) is 2.55. The van der Waals surface area contributed by atoms with Crippen molar-refractivity contribution in [3.05, 3.63) is 35.4 Å². The fraction of sp³-hybridized carbons (Fsp3) is 0.455. The lowest BCUT2D eigenvalue weighted by molar-refractivity contribution is 0.519. The lowest BCUT2D eigenvalue weighted by Gasteiger charge is -2.25. The third-order valence-corrected chi connectivity index (χ3v) is 3.52. The Balaban J connectivity index is 2.11. The second-order valence-corrected chi connectivity index (χ2v) is 4.72. The Morgan fingerprint density at radius 1 is 1.38 bits per heavy atom. The minimum atomic E-state index is 0.721. The van der Waals surface area contributed by atoms with Crippen LogP contribution in [0.25, 0.3) is 0 Å². The van der Waals surface area contributed by atoms with Gasteiger partial charge in [-0.2, -0.15) is 0 Å². The van der Waals surface area contributed by atoms with Crippen LogP contribution in [0.15, 0.2) is 24.3 Å². The van der Waals surface area contributed by atoms with E-state index >= 15 is 0 Å². The molecule has 0 saturated carbocycles. The molecule has 0 saturated heterocycles. The van der Waals surface area contributed by atoms with Gasteiger partial charge in [0.05, 0.1) is 0 Å². The van der Waals surface area contributed by atoms with Gasteiger partial charge in [-0.1, -0.05) is 24.3 Å². The predicted molar refractivity (Wildman–Crippen MR) is 59.9 cm³/mol. The summed E-state index contributed by atoms with van der Waals surface area (Å²) in [6.45, 7) is 3.34. The fourth-order valence-corrected chi connectivity index (χ4v) is 2.69. The average Bonchev–Trinajstić information content (AvgIpc) is 2.18. The molecular formula is C11H16NP. The molecule has 1 heterocycles. The Bertz CT molecular complexity index is 285. The SMILES string of the molecule is CPCC1Cc2ccccc2CN1. The van der Waals surface area contributed by atoms with Crippen molar-refractivity contribution in [2.75, 3.05) is 12.8 Å². The molecule has 1 nitrogen and oxygen atoms in total. The number of nitrogens with one attached hydrogen (secondary N) is 1. The monoisotopic (exact) mass is 193 g/mol. The van der Waals surface area contributed by atoms with Crippen LogP contribution in [-0.4, -0.2) is 18.9 Å². The van der Waals surface area contributed by atoms with Gasteiger partial charge >= 0.3 is 0 Å². The molecular weight excluding hydrogens is 177 g/mol. The molecule has 2 unspecified atom stereocenters. The van der Waals surface area contributed by atoms with Crippen LogP contribution in [0.1, 0.15) is 11.1 Å². The molecule has 0 aromatic heterocycles. The predicted octanol–water partition coefficient (Wildman–Crippen LogP) is 2.01. The zero-order valence-corrected chi connectivity index (χ0v) is 9.01. The van der Waals surface area contributed by atoms with Gasteiger partial charge in [-0.3, -0.25) is 0 Å². The van der Waals surface area contributed by atoms with Crippen molar-refractivity contribution in [2.24, 2.45) is 0 Å². The Morgan fingerprint density at radius 2 is 2.15 bits per heavy atom. The van der Waals surface area contributed by atoms with E-state index in [1.807, 2.05) is 0 Å². The van der Waals surface area contributed by atoms with Crippen LogP contribution >= 0.6 is 8.58 Å². The first-order chi connectivity index (χ1) is 6.40. The van der Waals surface area contributed by atoms with Crippen LogP contribution in [0.4, 0.5) is 0 Å².